The van der Waals surface area contributed by atoms with Gasteiger partial charge >= 0.3 is 0 Å². The Morgan fingerprint density at radius 2 is 1.96 bits per heavy atom. The molecule has 0 radical (unpaired) electrons. The van der Waals surface area contributed by atoms with E-state index in [1.165, 1.54) is 0 Å². The monoisotopic (exact) mass is 372 g/mol. The first-order chi connectivity index (χ1) is 11.0. The number of rotatable bonds is 4. The van der Waals surface area contributed by atoms with Gasteiger partial charge < -0.3 is 9.80 Å². The van der Waals surface area contributed by atoms with Crippen molar-refractivity contribution in [2.24, 2.45) is 0 Å². The summed E-state index contributed by atoms with van der Waals surface area (Å²) >= 11 is 3.38. The summed E-state index contributed by atoms with van der Waals surface area (Å²) in [5.41, 5.74) is 2.72. The van der Waals surface area contributed by atoms with Gasteiger partial charge in [0.25, 0.3) is 5.91 Å². The van der Waals surface area contributed by atoms with Crippen molar-refractivity contribution in [2.75, 3.05) is 13.6 Å². The predicted octanol–water partition coefficient (Wildman–Crippen LogP) is 3.06. The highest BCUT2D eigenvalue weighted by Gasteiger charge is 2.29. The van der Waals surface area contributed by atoms with Gasteiger partial charge in [-0.1, -0.05) is 52.3 Å². The lowest BCUT2D eigenvalue weighted by atomic mass is 10.1. The van der Waals surface area contributed by atoms with E-state index in [1.54, 1.807) is 16.8 Å². The molecule has 2 amide bonds. The number of fused-ring (bicyclic) bond motifs is 1. The quantitative estimate of drug-likeness (QED) is 0.827. The van der Waals surface area contributed by atoms with E-state index in [1.807, 2.05) is 48.5 Å². The largest absolute Gasteiger partial charge is 0.340 e. The molecule has 1 heterocycles. The van der Waals surface area contributed by atoms with Gasteiger partial charge in [-0.2, -0.15) is 0 Å². The van der Waals surface area contributed by atoms with Crippen LogP contribution in [-0.2, 0) is 17.9 Å². The van der Waals surface area contributed by atoms with Gasteiger partial charge in [0.1, 0.15) is 6.54 Å². The number of amides is 2. The Labute approximate surface area is 143 Å². The van der Waals surface area contributed by atoms with Crippen LogP contribution in [0.3, 0.4) is 0 Å². The summed E-state index contributed by atoms with van der Waals surface area (Å²) < 4.78 is 0.874. The van der Waals surface area contributed by atoms with E-state index in [0.29, 0.717) is 18.7 Å². The van der Waals surface area contributed by atoms with Crippen molar-refractivity contribution in [2.45, 2.75) is 13.1 Å². The third kappa shape index (κ3) is 3.45. The molecule has 4 nitrogen and oxygen atoms in total. The van der Waals surface area contributed by atoms with Gasteiger partial charge in [-0.05, 0) is 23.3 Å². The Morgan fingerprint density at radius 1 is 1.22 bits per heavy atom. The molecule has 0 atom stereocenters. The molecule has 23 heavy (non-hydrogen) atoms. The van der Waals surface area contributed by atoms with Crippen LogP contribution in [-0.4, -0.2) is 35.2 Å². The summed E-state index contributed by atoms with van der Waals surface area (Å²) in [6, 6.07) is 15.5. The first-order valence-corrected chi connectivity index (χ1v) is 8.19. The average Bonchev–Trinajstić information content (AvgIpc) is 2.84. The molecule has 2 aromatic rings. The molecule has 1 aliphatic rings. The number of carbonyl (C=O) groups is 2. The summed E-state index contributed by atoms with van der Waals surface area (Å²) in [6.45, 7) is 1.14. The van der Waals surface area contributed by atoms with Crippen LogP contribution in [0.15, 0.2) is 53.0 Å². The minimum Gasteiger partial charge on any atom is -0.340 e. The van der Waals surface area contributed by atoms with Crippen LogP contribution >= 0.6 is 15.9 Å². The zero-order valence-electron chi connectivity index (χ0n) is 12.8. The normalized spacial score (nSPS) is 13.1. The maximum Gasteiger partial charge on any atom is 0.255 e. The van der Waals surface area contributed by atoms with E-state index >= 15 is 0 Å². The third-order valence-electron chi connectivity index (χ3n) is 3.97. The number of benzene rings is 2. The number of likely N-dealkylation sites (N-methyl/N-ethyl adjacent to an activating group) is 1. The maximum atomic E-state index is 12.4. The minimum absolute atomic E-state index is 0.0610. The number of nitrogens with zero attached hydrogens (tertiary/aromatic N) is 2. The molecule has 118 valence electrons. The zero-order valence-corrected chi connectivity index (χ0v) is 14.4. The summed E-state index contributed by atoms with van der Waals surface area (Å²) in [4.78, 5) is 28.0. The Bertz CT molecular complexity index is 746. The summed E-state index contributed by atoms with van der Waals surface area (Å²) in [5, 5.41) is 0. The molecule has 1 aliphatic heterocycles. The Balaban J connectivity index is 1.64. The lowest BCUT2D eigenvalue weighted by Gasteiger charge is -2.21. The van der Waals surface area contributed by atoms with Crippen molar-refractivity contribution in [3.05, 3.63) is 69.7 Å². The fraction of sp³-hybridized carbons (Fsp3) is 0.222. The van der Waals surface area contributed by atoms with E-state index in [0.717, 1.165) is 15.6 Å². The predicted molar refractivity (Wildman–Crippen MR) is 91.8 cm³/mol. The zero-order chi connectivity index (χ0) is 16.4. The van der Waals surface area contributed by atoms with Gasteiger partial charge in [-0.15, -0.1) is 0 Å². The second-order valence-electron chi connectivity index (χ2n) is 5.70. The lowest BCUT2D eigenvalue weighted by molar-refractivity contribution is -0.131. The average molecular weight is 373 g/mol. The van der Waals surface area contributed by atoms with Crippen molar-refractivity contribution in [1.82, 2.24) is 9.80 Å². The highest BCUT2D eigenvalue weighted by Crippen LogP contribution is 2.25. The van der Waals surface area contributed by atoms with E-state index in [9.17, 15) is 9.59 Å². The fourth-order valence-electron chi connectivity index (χ4n) is 2.69. The molecule has 0 aromatic heterocycles. The molecule has 0 fully saturated rings. The highest BCUT2D eigenvalue weighted by atomic mass is 79.9. The maximum absolute atomic E-state index is 12.4. The second kappa shape index (κ2) is 6.54. The van der Waals surface area contributed by atoms with Crippen LogP contribution in [0.1, 0.15) is 21.5 Å². The molecular weight excluding hydrogens is 356 g/mol. The molecule has 0 N–H and O–H groups in total. The van der Waals surface area contributed by atoms with Crippen molar-refractivity contribution < 1.29 is 9.59 Å². The fourth-order valence-corrected chi connectivity index (χ4v) is 3.05. The Morgan fingerprint density at radius 3 is 2.70 bits per heavy atom. The van der Waals surface area contributed by atoms with Crippen LogP contribution in [0.5, 0.6) is 0 Å². The van der Waals surface area contributed by atoms with E-state index in [4.69, 9.17) is 0 Å². The van der Waals surface area contributed by atoms with Crippen LogP contribution in [0.4, 0.5) is 0 Å². The van der Waals surface area contributed by atoms with Crippen LogP contribution in [0, 0.1) is 0 Å². The lowest BCUT2D eigenvalue weighted by Crippen LogP contribution is -2.38. The standard InChI is InChI=1S/C18H17BrN2O2/c1-20(10-13-5-3-2-4-6-13)17(22)12-21-11-14-7-8-15(19)9-16(14)18(21)23/h2-9H,10-12H2,1H3. The molecule has 0 spiro atoms. The minimum atomic E-state index is -0.0808. The van der Waals surface area contributed by atoms with Gasteiger partial charge in [0.2, 0.25) is 5.91 Å². The van der Waals surface area contributed by atoms with Crippen molar-refractivity contribution in [3.8, 4) is 0 Å². The van der Waals surface area contributed by atoms with Crippen LogP contribution < -0.4 is 0 Å². The first-order valence-electron chi connectivity index (χ1n) is 7.40. The van der Waals surface area contributed by atoms with Crippen LogP contribution in [0.25, 0.3) is 0 Å². The van der Waals surface area contributed by atoms with Crippen molar-refractivity contribution >= 4 is 27.7 Å². The highest BCUT2D eigenvalue weighted by molar-refractivity contribution is 9.10. The molecule has 0 aliphatic carbocycles. The summed E-state index contributed by atoms with van der Waals surface area (Å²) in [5.74, 6) is -0.142. The molecular formula is C18H17BrN2O2. The van der Waals surface area contributed by atoms with Crippen molar-refractivity contribution in [1.29, 1.82) is 0 Å². The van der Waals surface area contributed by atoms with Crippen molar-refractivity contribution in [3.63, 3.8) is 0 Å². The Hall–Kier alpha value is -2.14. The number of hydrogen-bond donors (Lipinski definition) is 0. The molecule has 0 saturated carbocycles. The number of halogens is 1. The number of carbonyl (C=O) groups excluding carboxylic acids is 2. The van der Waals surface area contributed by atoms with Gasteiger partial charge in [-0.25, -0.2) is 0 Å². The Kier molecular flexibility index (Phi) is 4.48. The van der Waals surface area contributed by atoms with E-state index in [-0.39, 0.29) is 18.4 Å². The first kappa shape index (κ1) is 15.7. The van der Waals surface area contributed by atoms with E-state index in [2.05, 4.69) is 15.9 Å². The molecule has 0 saturated heterocycles. The second-order valence-corrected chi connectivity index (χ2v) is 6.61. The van der Waals surface area contributed by atoms with Gasteiger partial charge in [0, 0.05) is 30.2 Å². The molecule has 2 aromatic carbocycles. The van der Waals surface area contributed by atoms with E-state index < -0.39 is 0 Å². The third-order valence-corrected chi connectivity index (χ3v) is 4.46. The number of hydrogen-bond acceptors (Lipinski definition) is 2. The smallest absolute Gasteiger partial charge is 0.255 e. The van der Waals surface area contributed by atoms with Crippen LogP contribution in [0.2, 0.25) is 0 Å². The molecule has 0 bridgehead atoms. The summed E-state index contributed by atoms with van der Waals surface area (Å²) in [6.07, 6.45) is 0. The molecule has 3 rings (SSSR count). The molecule has 0 unspecified atom stereocenters. The molecule has 5 heteroatoms. The SMILES string of the molecule is CN(Cc1ccccc1)C(=O)CN1Cc2ccc(Br)cc2C1=O. The van der Waals surface area contributed by atoms with Gasteiger partial charge in [-0.3, -0.25) is 9.59 Å². The van der Waals surface area contributed by atoms with Gasteiger partial charge in [0.15, 0.2) is 0 Å². The summed E-state index contributed by atoms with van der Waals surface area (Å²) in [7, 11) is 1.76. The van der Waals surface area contributed by atoms with Gasteiger partial charge in [0.05, 0.1) is 0 Å². The topological polar surface area (TPSA) is 40.6 Å².